The van der Waals surface area contributed by atoms with Gasteiger partial charge < -0.3 is 15.2 Å². The Balaban J connectivity index is 3.38. The first kappa shape index (κ1) is 11.8. The molecular weight excluding hydrogens is 224 g/mol. The first-order valence-electron chi connectivity index (χ1n) is 3.99. The second-order valence-electron chi connectivity index (χ2n) is 2.77. The van der Waals surface area contributed by atoms with Crippen molar-refractivity contribution >= 4 is 5.82 Å². The topological polar surface area (TPSA) is 100 Å². The minimum absolute atomic E-state index is 0.200. The fraction of sp³-hybridized carbons (Fsp3) is 0.250. The van der Waals surface area contributed by atoms with Crippen molar-refractivity contribution in [1.82, 2.24) is 4.98 Å². The van der Waals surface area contributed by atoms with Gasteiger partial charge in [-0.25, -0.2) is 8.78 Å². The van der Waals surface area contributed by atoms with Crippen LogP contribution in [0.4, 0.5) is 14.6 Å². The summed E-state index contributed by atoms with van der Waals surface area (Å²) in [7, 11) is 0. The molecule has 0 aliphatic rings. The van der Waals surface area contributed by atoms with E-state index in [1.54, 1.807) is 6.07 Å². The van der Waals surface area contributed by atoms with Gasteiger partial charge in [0.25, 0.3) is 5.69 Å². The first-order valence-corrected chi connectivity index (χ1v) is 3.99. The monoisotopic (exact) mass is 229 g/mol. The smallest absolute Gasteiger partial charge is 0.368 e. The van der Waals surface area contributed by atoms with Crippen LogP contribution in [-0.2, 0) is 6.42 Å². The first-order chi connectivity index (χ1) is 7.47. The Hall–Kier alpha value is -2.30. The van der Waals surface area contributed by atoms with E-state index in [0.29, 0.717) is 0 Å². The highest BCUT2D eigenvalue weighted by Gasteiger charge is 2.27. The molecule has 84 valence electrons. The Kier molecular flexibility index (Phi) is 3.30. The normalized spacial score (nSPS) is 10.1. The Bertz CT molecular complexity index is 470. The lowest BCUT2D eigenvalue weighted by atomic mass is 10.1. The van der Waals surface area contributed by atoms with Crippen LogP contribution in [0.3, 0.4) is 0 Å². The van der Waals surface area contributed by atoms with Crippen molar-refractivity contribution in [1.29, 1.82) is 5.26 Å². The number of nitrogens with zero attached hydrogens (tertiary/aromatic N) is 3. The van der Waals surface area contributed by atoms with E-state index in [2.05, 4.69) is 4.98 Å². The summed E-state index contributed by atoms with van der Waals surface area (Å²) >= 11 is 0. The van der Waals surface area contributed by atoms with Crippen LogP contribution >= 0.6 is 0 Å². The van der Waals surface area contributed by atoms with Gasteiger partial charge in [0, 0.05) is 0 Å². The molecule has 0 radical (unpaired) electrons. The summed E-state index contributed by atoms with van der Waals surface area (Å²) in [6, 6.07) is 2.37. The fourth-order valence-corrected chi connectivity index (χ4v) is 1.08. The molecule has 0 bridgehead atoms. The summed E-state index contributed by atoms with van der Waals surface area (Å²) in [5.74, 6) is -1.69. The summed E-state index contributed by atoms with van der Waals surface area (Å²) in [5.41, 5.74) is -1.26. The van der Waals surface area contributed by atoms with Gasteiger partial charge in [-0.2, -0.15) is 5.26 Å². The zero-order valence-corrected chi connectivity index (χ0v) is 7.72. The SMILES string of the molecule is N#CCc1cc(O)c(C(F)F)nc1[N+](=O)[O-]. The van der Waals surface area contributed by atoms with E-state index in [1.165, 1.54) is 0 Å². The van der Waals surface area contributed by atoms with Gasteiger partial charge in [-0.05, 0) is 16.0 Å². The Morgan fingerprint density at radius 1 is 1.69 bits per heavy atom. The van der Waals surface area contributed by atoms with Crippen LogP contribution in [0.25, 0.3) is 0 Å². The number of alkyl halides is 2. The van der Waals surface area contributed by atoms with E-state index < -0.39 is 28.6 Å². The maximum Gasteiger partial charge on any atom is 0.368 e. The molecule has 1 rings (SSSR count). The predicted octanol–water partition coefficient (Wildman–Crippen LogP) is 1.70. The Labute approximate surface area is 87.9 Å². The van der Waals surface area contributed by atoms with E-state index in [4.69, 9.17) is 10.4 Å². The number of nitriles is 1. The van der Waals surface area contributed by atoms with E-state index in [0.717, 1.165) is 6.07 Å². The van der Waals surface area contributed by atoms with Crippen molar-refractivity contribution < 1.29 is 18.8 Å². The molecule has 16 heavy (non-hydrogen) atoms. The number of nitro groups is 1. The van der Waals surface area contributed by atoms with Crippen LogP contribution in [-0.4, -0.2) is 15.0 Å². The highest BCUT2D eigenvalue weighted by atomic mass is 19.3. The summed E-state index contributed by atoms with van der Waals surface area (Å²) in [6.45, 7) is 0. The zero-order chi connectivity index (χ0) is 12.3. The van der Waals surface area contributed by atoms with Crippen molar-refractivity contribution in [2.45, 2.75) is 12.8 Å². The second kappa shape index (κ2) is 4.48. The van der Waals surface area contributed by atoms with Crippen LogP contribution in [0.2, 0.25) is 0 Å². The molecule has 1 heterocycles. The third kappa shape index (κ3) is 2.20. The lowest BCUT2D eigenvalue weighted by molar-refractivity contribution is -0.390. The number of aromatic hydroxyl groups is 1. The van der Waals surface area contributed by atoms with Crippen LogP contribution < -0.4 is 0 Å². The van der Waals surface area contributed by atoms with Gasteiger partial charge in [-0.1, -0.05) is 0 Å². The van der Waals surface area contributed by atoms with E-state index >= 15 is 0 Å². The highest BCUT2D eigenvalue weighted by molar-refractivity contribution is 5.43. The molecular formula is C8H5F2N3O3. The van der Waals surface area contributed by atoms with Crippen molar-refractivity contribution in [2.75, 3.05) is 0 Å². The Morgan fingerprint density at radius 2 is 2.31 bits per heavy atom. The molecule has 0 fully saturated rings. The third-order valence-corrected chi connectivity index (χ3v) is 1.74. The molecule has 0 atom stereocenters. The molecule has 1 aromatic heterocycles. The fourth-order valence-electron chi connectivity index (χ4n) is 1.08. The highest BCUT2D eigenvalue weighted by Crippen LogP contribution is 2.31. The Morgan fingerprint density at radius 3 is 2.75 bits per heavy atom. The molecule has 0 aliphatic heterocycles. The van der Waals surface area contributed by atoms with Gasteiger partial charge >= 0.3 is 12.2 Å². The van der Waals surface area contributed by atoms with Gasteiger partial charge in [0.05, 0.1) is 18.1 Å². The summed E-state index contributed by atoms with van der Waals surface area (Å²) in [5, 5.41) is 28.0. The lowest BCUT2D eigenvalue weighted by Gasteiger charge is -2.02. The molecule has 0 saturated carbocycles. The average Bonchev–Trinajstić information content (AvgIpc) is 2.17. The quantitative estimate of drug-likeness (QED) is 0.627. The van der Waals surface area contributed by atoms with Crippen LogP contribution in [0.15, 0.2) is 6.07 Å². The van der Waals surface area contributed by atoms with E-state index in [9.17, 15) is 18.9 Å². The van der Waals surface area contributed by atoms with Crippen LogP contribution in [0.5, 0.6) is 5.75 Å². The number of pyridine rings is 1. The lowest BCUT2D eigenvalue weighted by Crippen LogP contribution is -2.02. The number of halogens is 2. The minimum Gasteiger partial charge on any atom is -0.504 e. The predicted molar refractivity (Wildman–Crippen MR) is 46.8 cm³/mol. The van der Waals surface area contributed by atoms with Crippen molar-refractivity contribution in [3.05, 3.63) is 27.4 Å². The maximum absolute atomic E-state index is 12.3. The molecule has 0 aliphatic carbocycles. The van der Waals surface area contributed by atoms with E-state index in [1.807, 2.05) is 0 Å². The third-order valence-electron chi connectivity index (χ3n) is 1.74. The maximum atomic E-state index is 12.3. The largest absolute Gasteiger partial charge is 0.504 e. The second-order valence-corrected chi connectivity index (χ2v) is 2.77. The average molecular weight is 229 g/mol. The summed E-state index contributed by atoms with van der Waals surface area (Å²) in [4.78, 5) is 12.6. The molecule has 0 unspecified atom stereocenters. The van der Waals surface area contributed by atoms with Crippen molar-refractivity contribution in [3.63, 3.8) is 0 Å². The molecule has 0 spiro atoms. The van der Waals surface area contributed by atoms with Crippen molar-refractivity contribution in [2.24, 2.45) is 0 Å². The van der Waals surface area contributed by atoms with E-state index in [-0.39, 0.29) is 12.0 Å². The minimum atomic E-state index is -3.12. The van der Waals surface area contributed by atoms with Crippen molar-refractivity contribution in [3.8, 4) is 11.8 Å². The summed E-state index contributed by atoms with van der Waals surface area (Å²) in [6.07, 6.45) is -3.50. The van der Waals surface area contributed by atoms with Crippen LogP contribution in [0.1, 0.15) is 17.7 Å². The number of aromatic nitrogens is 1. The number of hydrogen-bond donors (Lipinski definition) is 1. The number of hydrogen-bond acceptors (Lipinski definition) is 5. The molecule has 8 heteroatoms. The molecule has 1 N–H and O–H groups in total. The van der Waals surface area contributed by atoms with Crippen LogP contribution in [0, 0.1) is 21.4 Å². The van der Waals surface area contributed by atoms with Gasteiger partial charge in [-0.15, -0.1) is 0 Å². The molecule has 6 nitrogen and oxygen atoms in total. The summed E-state index contributed by atoms with van der Waals surface area (Å²) < 4.78 is 24.6. The molecule has 0 amide bonds. The van der Waals surface area contributed by atoms with Gasteiger partial charge in [0.2, 0.25) is 0 Å². The van der Waals surface area contributed by atoms with Gasteiger partial charge in [0.15, 0.2) is 5.75 Å². The zero-order valence-electron chi connectivity index (χ0n) is 7.72. The van der Waals surface area contributed by atoms with Gasteiger partial charge in [-0.3, -0.25) is 0 Å². The molecule has 0 aromatic carbocycles. The standard InChI is InChI=1S/C8H5F2N3O3/c9-7(10)6-5(14)3-4(1-2-11)8(12-6)13(15)16/h3,7,14H,1H2. The number of rotatable bonds is 3. The van der Waals surface area contributed by atoms with Gasteiger partial charge in [0.1, 0.15) is 0 Å². The molecule has 1 aromatic rings. The molecule has 0 saturated heterocycles.